The SMILES string of the molecule is Cl.NC1CCCN(C(=O)CC2CCc3ccccc3C2)C1. The average molecular weight is 309 g/mol. The van der Waals surface area contributed by atoms with Crippen molar-refractivity contribution in [3.05, 3.63) is 35.4 Å². The van der Waals surface area contributed by atoms with Gasteiger partial charge in [-0.25, -0.2) is 0 Å². The van der Waals surface area contributed by atoms with Gasteiger partial charge in [-0.2, -0.15) is 0 Å². The number of fused-ring (bicyclic) bond motifs is 1. The normalized spacial score (nSPS) is 24.9. The topological polar surface area (TPSA) is 46.3 Å². The van der Waals surface area contributed by atoms with Crippen LogP contribution in [-0.2, 0) is 17.6 Å². The third-order valence-corrected chi connectivity index (χ3v) is 4.72. The minimum Gasteiger partial charge on any atom is -0.341 e. The predicted octanol–water partition coefficient (Wildman–Crippen LogP) is 2.55. The van der Waals surface area contributed by atoms with Crippen LogP contribution in [0.25, 0.3) is 0 Å². The summed E-state index contributed by atoms with van der Waals surface area (Å²) in [5.41, 5.74) is 8.87. The molecule has 4 heteroatoms. The lowest BCUT2D eigenvalue weighted by Crippen LogP contribution is -2.46. The molecule has 0 spiro atoms. The average Bonchev–Trinajstić information content (AvgIpc) is 2.47. The smallest absolute Gasteiger partial charge is 0.222 e. The first-order valence-electron chi connectivity index (χ1n) is 7.82. The Morgan fingerprint density at radius 2 is 2.00 bits per heavy atom. The quantitative estimate of drug-likeness (QED) is 0.912. The molecule has 0 bridgehead atoms. The number of carbonyl (C=O) groups is 1. The lowest BCUT2D eigenvalue weighted by atomic mass is 9.82. The molecule has 2 N–H and O–H groups in total. The molecule has 1 aliphatic carbocycles. The van der Waals surface area contributed by atoms with E-state index in [0.717, 1.165) is 45.2 Å². The van der Waals surface area contributed by atoms with E-state index in [1.165, 1.54) is 11.1 Å². The summed E-state index contributed by atoms with van der Waals surface area (Å²) < 4.78 is 0. The zero-order valence-electron chi connectivity index (χ0n) is 12.5. The van der Waals surface area contributed by atoms with E-state index in [-0.39, 0.29) is 18.4 Å². The molecule has 3 nitrogen and oxygen atoms in total. The van der Waals surface area contributed by atoms with Gasteiger partial charge < -0.3 is 10.6 Å². The van der Waals surface area contributed by atoms with Gasteiger partial charge in [0, 0.05) is 25.6 Å². The fraction of sp³-hybridized carbons (Fsp3) is 0.588. The molecular formula is C17H25ClN2O. The fourth-order valence-electron chi connectivity index (χ4n) is 3.56. The first-order valence-corrected chi connectivity index (χ1v) is 7.82. The van der Waals surface area contributed by atoms with Gasteiger partial charge in [0.2, 0.25) is 5.91 Å². The van der Waals surface area contributed by atoms with E-state index in [9.17, 15) is 4.79 Å². The number of aryl methyl sites for hydroxylation is 1. The summed E-state index contributed by atoms with van der Waals surface area (Å²) in [5.74, 6) is 0.820. The summed E-state index contributed by atoms with van der Waals surface area (Å²) in [5, 5.41) is 0. The van der Waals surface area contributed by atoms with Crippen molar-refractivity contribution in [1.29, 1.82) is 0 Å². The van der Waals surface area contributed by atoms with Gasteiger partial charge in [0.1, 0.15) is 0 Å². The lowest BCUT2D eigenvalue weighted by molar-refractivity contribution is -0.133. The van der Waals surface area contributed by atoms with Crippen molar-refractivity contribution in [1.82, 2.24) is 4.90 Å². The Morgan fingerprint density at radius 3 is 2.76 bits per heavy atom. The van der Waals surface area contributed by atoms with E-state index >= 15 is 0 Å². The van der Waals surface area contributed by atoms with Crippen molar-refractivity contribution < 1.29 is 4.79 Å². The van der Waals surface area contributed by atoms with E-state index in [4.69, 9.17) is 5.73 Å². The Labute approximate surface area is 133 Å². The summed E-state index contributed by atoms with van der Waals surface area (Å²) in [7, 11) is 0. The van der Waals surface area contributed by atoms with Gasteiger partial charge in [-0.1, -0.05) is 24.3 Å². The van der Waals surface area contributed by atoms with E-state index in [2.05, 4.69) is 24.3 Å². The zero-order chi connectivity index (χ0) is 13.9. The summed E-state index contributed by atoms with van der Waals surface area (Å²) >= 11 is 0. The monoisotopic (exact) mass is 308 g/mol. The molecule has 116 valence electrons. The van der Waals surface area contributed by atoms with Gasteiger partial charge >= 0.3 is 0 Å². The highest BCUT2D eigenvalue weighted by Gasteiger charge is 2.25. The maximum absolute atomic E-state index is 12.4. The van der Waals surface area contributed by atoms with Gasteiger partial charge in [-0.15, -0.1) is 12.4 Å². The molecule has 1 fully saturated rings. The minimum absolute atomic E-state index is 0. The Kier molecular flexibility index (Phi) is 5.65. The number of hydrogen-bond acceptors (Lipinski definition) is 2. The van der Waals surface area contributed by atoms with Crippen molar-refractivity contribution >= 4 is 18.3 Å². The highest BCUT2D eigenvalue weighted by Crippen LogP contribution is 2.28. The van der Waals surface area contributed by atoms with E-state index in [1.807, 2.05) is 4.90 Å². The highest BCUT2D eigenvalue weighted by atomic mass is 35.5. The van der Waals surface area contributed by atoms with Crippen LogP contribution in [0.2, 0.25) is 0 Å². The number of halogens is 1. The van der Waals surface area contributed by atoms with Crippen LogP contribution in [0.4, 0.5) is 0 Å². The van der Waals surface area contributed by atoms with Crippen LogP contribution < -0.4 is 5.73 Å². The Hall–Kier alpha value is -1.06. The molecule has 0 saturated carbocycles. The number of nitrogens with two attached hydrogens (primary N) is 1. The second kappa shape index (κ2) is 7.28. The summed E-state index contributed by atoms with van der Waals surface area (Å²) in [6.07, 6.45) is 6.13. The molecule has 1 aromatic rings. The highest BCUT2D eigenvalue weighted by molar-refractivity contribution is 5.85. The van der Waals surface area contributed by atoms with E-state index < -0.39 is 0 Å². The molecule has 0 radical (unpaired) electrons. The summed E-state index contributed by atoms with van der Waals surface area (Å²) in [6, 6.07) is 8.83. The molecule has 2 atom stereocenters. The summed E-state index contributed by atoms with van der Waals surface area (Å²) in [4.78, 5) is 14.4. The third kappa shape index (κ3) is 3.98. The van der Waals surface area contributed by atoms with E-state index in [0.29, 0.717) is 18.2 Å². The first-order chi connectivity index (χ1) is 9.72. The number of carbonyl (C=O) groups excluding carboxylic acids is 1. The Morgan fingerprint density at radius 1 is 1.24 bits per heavy atom. The molecule has 0 aromatic heterocycles. The second-order valence-corrected chi connectivity index (χ2v) is 6.32. The van der Waals surface area contributed by atoms with Gasteiger partial charge in [-0.05, 0) is 49.1 Å². The summed E-state index contributed by atoms with van der Waals surface area (Å²) in [6.45, 7) is 1.65. The fourth-order valence-corrected chi connectivity index (χ4v) is 3.56. The van der Waals surface area contributed by atoms with Crippen molar-refractivity contribution in [2.45, 2.75) is 44.6 Å². The molecule has 1 heterocycles. The van der Waals surface area contributed by atoms with Crippen LogP contribution in [0.1, 0.15) is 36.8 Å². The number of piperidine rings is 1. The van der Waals surface area contributed by atoms with Gasteiger partial charge in [0.25, 0.3) is 0 Å². The van der Waals surface area contributed by atoms with Crippen molar-refractivity contribution in [2.24, 2.45) is 11.7 Å². The number of nitrogens with zero attached hydrogens (tertiary/aromatic N) is 1. The molecular weight excluding hydrogens is 284 g/mol. The van der Waals surface area contributed by atoms with Crippen LogP contribution in [-0.4, -0.2) is 29.9 Å². The number of likely N-dealkylation sites (tertiary alicyclic amines) is 1. The van der Waals surface area contributed by atoms with Gasteiger partial charge in [0.15, 0.2) is 0 Å². The van der Waals surface area contributed by atoms with Crippen molar-refractivity contribution in [3.8, 4) is 0 Å². The second-order valence-electron chi connectivity index (χ2n) is 6.32. The zero-order valence-corrected chi connectivity index (χ0v) is 13.3. The van der Waals surface area contributed by atoms with Crippen molar-refractivity contribution in [3.63, 3.8) is 0 Å². The van der Waals surface area contributed by atoms with Crippen LogP contribution in [0, 0.1) is 5.92 Å². The number of benzene rings is 1. The maximum Gasteiger partial charge on any atom is 0.222 e. The van der Waals surface area contributed by atoms with Crippen LogP contribution in [0.5, 0.6) is 0 Å². The molecule has 3 rings (SSSR count). The number of hydrogen-bond donors (Lipinski definition) is 1. The predicted molar refractivity (Wildman–Crippen MR) is 87.6 cm³/mol. The molecule has 2 unspecified atom stereocenters. The number of amides is 1. The van der Waals surface area contributed by atoms with Crippen molar-refractivity contribution in [2.75, 3.05) is 13.1 Å². The minimum atomic E-state index is 0. The first kappa shape index (κ1) is 16.3. The molecule has 1 aliphatic heterocycles. The molecule has 1 aromatic carbocycles. The number of rotatable bonds is 2. The molecule has 2 aliphatic rings. The molecule has 1 amide bonds. The largest absolute Gasteiger partial charge is 0.341 e. The van der Waals surface area contributed by atoms with E-state index in [1.54, 1.807) is 0 Å². The third-order valence-electron chi connectivity index (χ3n) is 4.72. The molecule has 21 heavy (non-hydrogen) atoms. The van der Waals surface area contributed by atoms with Crippen LogP contribution >= 0.6 is 12.4 Å². The Balaban J connectivity index is 0.00000161. The van der Waals surface area contributed by atoms with Gasteiger partial charge in [0.05, 0.1) is 0 Å². The molecule has 1 saturated heterocycles. The van der Waals surface area contributed by atoms with Crippen LogP contribution in [0.15, 0.2) is 24.3 Å². The Bertz CT molecular complexity index is 491. The lowest BCUT2D eigenvalue weighted by Gasteiger charge is -2.32. The standard InChI is InChI=1S/C17H24N2O.ClH/c18-16-6-3-9-19(12-16)17(20)11-13-7-8-14-4-1-2-5-15(14)10-13;/h1-2,4-5,13,16H,3,6-12,18H2;1H. The maximum atomic E-state index is 12.4. The van der Waals surface area contributed by atoms with Crippen LogP contribution in [0.3, 0.4) is 0 Å². The van der Waals surface area contributed by atoms with Gasteiger partial charge in [-0.3, -0.25) is 4.79 Å².